The molecule has 3 nitrogen and oxygen atoms in total. The zero-order chi connectivity index (χ0) is 14.9. The van der Waals surface area contributed by atoms with Crippen LogP contribution < -0.4 is 4.74 Å². The van der Waals surface area contributed by atoms with Gasteiger partial charge in [-0.15, -0.1) is 0 Å². The van der Waals surface area contributed by atoms with E-state index in [1.807, 2.05) is 31.3 Å². The molecule has 1 aromatic carbocycles. The van der Waals surface area contributed by atoms with Crippen LogP contribution in [-0.2, 0) is 0 Å². The van der Waals surface area contributed by atoms with Gasteiger partial charge in [-0.3, -0.25) is 4.79 Å². The van der Waals surface area contributed by atoms with Crippen LogP contribution in [0.25, 0.3) is 10.9 Å². The Labute approximate surface area is 125 Å². The summed E-state index contributed by atoms with van der Waals surface area (Å²) in [5, 5.41) is 0.941. The largest absolute Gasteiger partial charge is 0.493 e. The van der Waals surface area contributed by atoms with E-state index < -0.39 is 0 Å². The molecule has 1 fully saturated rings. The molecule has 112 valence electrons. The van der Waals surface area contributed by atoms with Gasteiger partial charge in [0.05, 0.1) is 12.0 Å². The Bertz CT molecular complexity index is 650. The topological polar surface area (TPSA) is 42.1 Å². The minimum Gasteiger partial charge on any atom is -0.493 e. The summed E-state index contributed by atoms with van der Waals surface area (Å²) in [6.07, 6.45) is 7.41. The average molecular weight is 285 g/mol. The summed E-state index contributed by atoms with van der Waals surface area (Å²) in [7, 11) is 0. The van der Waals surface area contributed by atoms with Crippen molar-refractivity contribution in [3.05, 3.63) is 30.0 Å². The van der Waals surface area contributed by atoms with Gasteiger partial charge in [-0.2, -0.15) is 0 Å². The Hall–Kier alpha value is -1.77. The number of fused-ring (bicyclic) bond motifs is 1. The fraction of sp³-hybridized carbons (Fsp3) is 0.500. The van der Waals surface area contributed by atoms with Crippen LogP contribution in [0.1, 0.15) is 56.3 Å². The lowest BCUT2D eigenvalue weighted by Crippen LogP contribution is -2.30. The van der Waals surface area contributed by atoms with Gasteiger partial charge in [0.1, 0.15) is 5.75 Å². The summed E-state index contributed by atoms with van der Waals surface area (Å²) in [6.45, 7) is 4.70. The van der Waals surface area contributed by atoms with E-state index >= 15 is 0 Å². The number of ether oxygens (including phenoxy) is 1. The summed E-state index contributed by atoms with van der Waals surface area (Å²) in [4.78, 5) is 16.3. The normalized spacial score (nSPS) is 17.8. The van der Waals surface area contributed by atoms with Crippen LogP contribution >= 0.6 is 0 Å². The molecule has 0 unspecified atom stereocenters. The zero-order valence-electron chi connectivity index (χ0n) is 12.9. The van der Waals surface area contributed by atoms with E-state index in [1.54, 1.807) is 0 Å². The van der Waals surface area contributed by atoms with Crippen molar-refractivity contribution >= 4 is 16.7 Å². The summed E-state index contributed by atoms with van der Waals surface area (Å²) >= 11 is 0. The second kappa shape index (κ2) is 5.55. The van der Waals surface area contributed by atoms with Crippen LogP contribution in [0.15, 0.2) is 24.4 Å². The van der Waals surface area contributed by atoms with Crippen molar-refractivity contribution in [3.63, 3.8) is 0 Å². The maximum atomic E-state index is 13.1. The van der Waals surface area contributed by atoms with Crippen LogP contribution in [0, 0.1) is 5.41 Å². The third-order valence-electron chi connectivity index (χ3n) is 4.72. The number of aromatic nitrogens is 1. The molecular formula is C18H23NO2. The van der Waals surface area contributed by atoms with Gasteiger partial charge in [-0.05, 0) is 31.9 Å². The average Bonchev–Trinajstić information content (AvgIpc) is 2.92. The van der Waals surface area contributed by atoms with E-state index in [9.17, 15) is 4.79 Å². The van der Waals surface area contributed by atoms with Crippen molar-refractivity contribution in [2.24, 2.45) is 5.41 Å². The number of hydrogen-bond donors (Lipinski definition) is 1. The van der Waals surface area contributed by atoms with Crippen molar-refractivity contribution in [2.45, 2.75) is 46.0 Å². The molecule has 1 heterocycles. The van der Waals surface area contributed by atoms with Gasteiger partial charge in [-0.1, -0.05) is 32.3 Å². The number of aromatic amines is 1. The minimum absolute atomic E-state index is 0.216. The predicted octanol–water partition coefficient (Wildman–Crippen LogP) is 4.72. The van der Waals surface area contributed by atoms with E-state index in [-0.39, 0.29) is 11.2 Å². The standard InChI is InChI=1S/C18H23NO2/c1-3-21-15-9-7-8-14-16(15)13(12-19-14)17(20)18(2)10-5-4-6-11-18/h7-9,12,19H,3-6,10-11H2,1-2H3. The third kappa shape index (κ3) is 2.45. The summed E-state index contributed by atoms with van der Waals surface area (Å²) in [6, 6.07) is 5.90. The lowest BCUT2D eigenvalue weighted by Gasteiger charge is -2.31. The first-order valence-corrected chi connectivity index (χ1v) is 7.93. The number of rotatable bonds is 4. The molecule has 0 bridgehead atoms. The molecule has 0 atom stereocenters. The van der Waals surface area contributed by atoms with Crippen molar-refractivity contribution in [2.75, 3.05) is 6.61 Å². The van der Waals surface area contributed by atoms with E-state index in [0.717, 1.165) is 47.9 Å². The number of ketones is 1. The van der Waals surface area contributed by atoms with Gasteiger partial charge in [-0.25, -0.2) is 0 Å². The quantitative estimate of drug-likeness (QED) is 0.826. The van der Waals surface area contributed by atoms with Gasteiger partial charge in [0.15, 0.2) is 5.78 Å². The number of carbonyl (C=O) groups is 1. The highest BCUT2D eigenvalue weighted by molar-refractivity contribution is 6.12. The number of carbonyl (C=O) groups excluding carboxylic acids is 1. The molecule has 1 aliphatic rings. The highest BCUT2D eigenvalue weighted by atomic mass is 16.5. The Morgan fingerprint density at radius 3 is 2.76 bits per heavy atom. The first-order chi connectivity index (χ1) is 10.2. The van der Waals surface area contributed by atoms with Gasteiger partial charge in [0.25, 0.3) is 0 Å². The molecule has 2 aromatic rings. The molecule has 0 aliphatic heterocycles. The van der Waals surface area contributed by atoms with Crippen molar-refractivity contribution in [1.82, 2.24) is 4.98 Å². The molecule has 0 saturated heterocycles. The number of H-pyrrole nitrogens is 1. The molecule has 3 rings (SSSR count). The Morgan fingerprint density at radius 1 is 1.29 bits per heavy atom. The molecule has 1 aliphatic carbocycles. The van der Waals surface area contributed by atoms with Gasteiger partial charge < -0.3 is 9.72 Å². The molecule has 0 spiro atoms. The molecule has 1 aromatic heterocycles. The molecular weight excluding hydrogens is 262 g/mol. The Balaban J connectivity index is 2.05. The Morgan fingerprint density at radius 2 is 2.05 bits per heavy atom. The van der Waals surface area contributed by atoms with Crippen LogP contribution in [0.3, 0.4) is 0 Å². The maximum Gasteiger partial charge on any atom is 0.171 e. The second-order valence-corrected chi connectivity index (χ2v) is 6.26. The molecule has 1 saturated carbocycles. The van der Waals surface area contributed by atoms with Gasteiger partial charge in [0, 0.05) is 22.7 Å². The van der Waals surface area contributed by atoms with Crippen LogP contribution in [0.4, 0.5) is 0 Å². The molecule has 3 heteroatoms. The first kappa shape index (κ1) is 14.2. The second-order valence-electron chi connectivity index (χ2n) is 6.26. The molecule has 0 radical (unpaired) electrons. The third-order valence-corrected chi connectivity index (χ3v) is 4.72. The lowest BCUT2D eigenvalue weighted by molar-refractivity contribution is 0.0751. The van der Waals surface area contributed by atoms with Crippen molar-refractivity contribution < 1.29 is 9.53 Å². The molecule has 21 heavy (non-hydrogen) atoms. The zero-order valence-corrected chi connectivity index (χ0v) is 12.9. The van der Waals surface area contributed by atoms with Crippen molar-refractivity contribution in [3.8, 4) is 5.75 Å². The van der Waals surface area contributed by atoms with Gasteiger partial charge in [0.2, 0.25) is 0 Å². The highest BCUT2D eigenvalue weighted by Crippen LogP contribution is 2.41. The molecule has 0 amide bonds. The monoisotopic (exact) mass is 285 g/mol. The highest BCUT2D eigenvalue weighted by Gasteiger charge is 2.36. The fourth-order valence-corrected chi connectivity index (χ4v) is 3.49. The first-order valence-electron chi connectivity index (χ1n) is 7.93. The number of benzene rings is 1. The van der Waals surface area contributed by atoms with Crippen LogP contribution in [0.5, 0.6) is 5.75 Å². The summed E-state index contributed by atoms with van der Waals surface area (Å²) in [5.74, 6) is 1.07. The van der Waals surface area contributed by atoms with E-state index in [2.05, 4.69) is 11.9 Å². The van der Waals surface area contributed by atoms with E-state index in [1.165, 1.54) is 6.42 Å². The Kier molecular flexibility index (Phi) is 3.75. The van der Waals surface area contributed by atoms with E-state index in [0.29, 0.717) is 6.61 Å². The lowest BCUT2D eigenvalue weighted by atomic mass is 9.71. The smallest absolute Gasteiger partial charge is 0.171 e. The maximum absolute atomic E-state index is 13.1. The SMILES string of the molecule is CCOc1cccc2[nH]cc(C(=O)C3(C)CCCCC3)c12. The van der Waals surface area contributed by atoms with Gasteiger partial charge >= 0.3 is 0 Å². The minimum atomic E-state index is -0.216. The van der Waals surface area contributed by atoms with Crippen LogP contribution in [-0.4, -0.2) is 17.4 Å². The van der Waals surface area contributed by atoms with Crippen molar-refractivity contribution in [1.29, 1.82) is 0 Å². The number of hydrogen-bond acceptors (Lipinski definition) is 2. The predicted molar refractivity (Wildman–Crippen MR) is 85.0 cm³/mol. The fourth-order valence-electron chi connectivity index (χ4n) is 3.49. The number of Topliss-reactive ketones (excluding diaryl/α,β-unsaturated/α-hetero) is 1. The molecule has 1 N–H and O–H groups in total. The summed E-state index contributed by atoms with van der Waals surface area (Å²) in [5.41, 5.74) is 1.55. The summed E-state index contributed by atoms with van der Waals surface area (Å²) < 4.78 is 5.72. The van der Waals surface area contributed by atoms with Crippen LogP contribution in [0.2, 0.25) is 0 Å². The van der Waals surface area contributed by atoms with E-state index in [4.69, 9.17) is 4.74 Å². The number of nitrogens with one attached hydrogen (secondary N) is 1.